The number of thioether (sulfide) groups is 1. The molecule has 0 saturated carbocycles. The summed E-state index contributed by atoms with van der Waals surface area (Å²) in [5.74, 6) is 0.264. The zero-order valence-corrected chi connectivity index (χ0v) is 6.50. The van der Waals surface area contributed by atoms with Crippen LogP contribution >= 0.6 is 11.8 Å². The van der Waals surface area contributed by atoms with Crippen molar-refractivity contribution in [1.82, 2.24) is 4.98 Å². The van der Waals surface area contributed by atoms with E-state index in [1.54, 1.807) is 11.8 Å². The molecule has 4 heteroatoms. The predicted octanol–water partition coefficient (Wildman–Crippen LogP) is 1.16. The third-order valence-corrected chi connectivity index (χ3v) is 2.72. The van der Waals surface area contributed by atoms with Gasteiger partial charge in [0.05, 0.1) is 5.03 Å². The molecule has 2 heterocycles. The first kappa shape index (κ1) is 6.91. The first-order chi connectivity index (χ1) is 5.27. The van der Waals surface area contributed by atoms with Crippen molar-refractivity contribution in [1.29, 1.82) is 0 Å². The van der Waals surface area contributed by atoms with Crippen LogP contribution in [-0.4, -0.2) is 10.7 Å². The van der Waals surface area contributed by atoms with E-state index in [4.69, 9.17) is 0 Å². The van der Waals surface area contributed by atoms with E-state index in [9.17, 15) is 9.18 Å². The zero-order valence-electron chi connectivity index (χ0n) is 5.69. The molecule has 1 aromatic rings. The largest absolute Gasteiger partial charge is 0.314 e. The van der Waals surface area contributed by atoms with Gasteiger partial charge < -0.3 is 4.98 Å². The Balaban J connectivity index is 2.66. The Morgan fingerprint density at radius 1 is 1.64 bits per heavy atom. The lowest BCUT2D eigenvalue weighted by Gasteiger charge is -1.95. The number of pyridine rings is 1. The van der Waals surface area contributed by atoms with Crippen molar-refractivity contribution in [3.63, 3.8) is 0 Å². The Bertz CT molecular complexity index is 347. The average Bonchev–Trinajstić information content (AvgIpc) is 2.36. The number of hydrogen-bond acceptors (Lipinski definition) is 2. The Labute approximate surface area is 66.8 Å². The fourth-order valence-corrected chi connectivity index (χ4v) is 2.14. The molecule has 0 bridgehead atoms. The number of nitrogens with one attached hydrogen (secondary N) is 1. The molecule has 1 N–H and O–H groups in total. The first-order valence-electron chi connectivity index (χ1n) is 3.32. The fraction of sp³-hybridized carbons (Fsp3) is 0.286. The number of hydrogen-bond donors (Lipinski definition) is 1. The average molecular weight is 171 g/mol. The normalized spacial score (nSPS) is 15.0. The lowest BCUT2D eigenvalue weighted by molar-refractivity contribution is 0.601. The highest BCUT2D eigenvalue weighted by Crippen LogP contribution is 2.27. The van der Waals surface area contributed by atoms with Crippen molar-refractivity contribution in [2.75, 3.05) is 5.75 Å². The summed E-state index contributed by atoms with van der Waals surface area (Å²) in [5.41, 5.74) is 0.310. The molecule has 1 aliphatic rings. The molecule has 2 nitrogen and oxygen atoms in total. The van der Waals surface area contributed by atoms with Crippen LogP contribution in [0, 0.1) is 5.82 Å². The van der Waals surface area contributed by atoms with Crippen LogP contribution in [-0.2, 0) is 6.42 Å². The van der Waals surface area contributed by atoms with Gasteiger partial charge >= 0.3 is 0 Å². The molecule has 0 spiro atoms. The van der Waals surface area contributed by atoms with Gasteiger partial charge in [0.1, 0.15) is 0 Å². The van der Waals surface area contributed by atoms with E-state index in [-0.39, 0.29) is 0 Å². The molecule has 58 valence electrons. The van der Waals surface area contributed by atoms with E-state index in [1.165, 1.54) is 6.07 Å². The standard InChI is InChI=1S/C7H6FNOS/c8-5-3-4-1-2-11-7(4)9-6(5)10/h3H,1-2H2,(H,9,10). The van der Waals surface area contributed by atoms with Gasteiger partial charge in [0.15, 0.2) is 5.82 Å². The predicted molar refractivity (Wildman–Crippen MR) is 41.4 cm³/mol. The van der Waals surface area contributed by atoms with Crippen molar-refractivity contribution in [2.45, 2.75) is 11.4 Å². The summed E-state index contributed by atoms with van der Waals surface area (Å²) in [4.78, 5) is 13.2. The summed E-state index contributed by atoms with van der Waals surface area (Å²) in [7, 11) is 0. The van der Waals surface area contributed by atoms with Gasteiger partial charge in [0.25, 0.3) is 5.56 Å². The van der Waals surface area contributed by atoms with Crippen LogP contribution < -0.4 is 5.56 Å². The number of H-pyrrole nitrogens is 1. The molecule has 0 atom stereocenters. The summed E-state index contributed by atoms with van der Waals surface area (Å²) >= 11 is 1.57. The summed E-state index contributed by atoms with van der Waals surface area (Å²) < 4.78 is 12.6. The topological polar surface area (TPSA) is 32.9 Å². The summed E-state index contributed by atoms with van der Waals surface area (Å²) in [6.07, 6.45) is 0.855. The molecule has 0 fully saturated rings. The second-order valence-corrected chi connectivity index (χ2v) is 3.50. The van der Waals surface area contributed by atoms with Gasteiger partial charge in [-0.2, -0.15) is 0 Å². The van der Waals surface area contributed by atoms with Gasteiger partial charge in [-0.1, -0.05) is 0 Å². The highest BCUT2D eigenvalue weighted by Gasteiger charge is 2.13. The van der Waals surface area contributed by atoms with Crippen molar-refractivity contribution in [3.05, 3.63) is 27.8 Å². The van der Waals surface area contributed by atoms with Crippen LogP contribution in [0.25, 0.3) is 0 Å². The minimum absolute atomic E-state index is 0.613. The van der Waals surface area contributed by atoms with E-state index in [0.717, 1.165) is 22.8 Å². The minimum Gasteiger partial charge on any atom is -0.314 e. The molecule has 1 aliphatic heterocycles. The maximum Gasteiger partial charge on any atom is 0.284 e. The van der Waals surface area contributed by atoms with Crippen molar-refractivity contribution >= 4 is 11.8 Å². The molecule has 0 aromatic carbocycles. The Hall–Kier alpha value is -0.770. The molecule has 0 amide bonds. The SMILES string of the molecule is O=c1[nH]c2c(cc1F)CCS2. The van der Waals surface area contributed by atoms with E-state index in [2.05, 4.69) is 4.98 Å². The van der Waals surface area contributed by atoms with Crippen LogP contribution in [0.5, 0.6) is 0 Å². The van der Waals surface area contributed by atoms with Gasteiger partial charge in [-0.3, -0.25) is 4.79 Å². The first-order valence-corrected chi connectivity index (χ1v) is 4.30. The summed E-state index contributed by atoms with van der Waals surface area (Å²) in [6.45, 7) is 0. The number of rotatable bonds is 0. The molecule has 1 aromatic heterocycles. The number of aryl methyl sites for hydroxylation is 1. The van der Waals surface area contributed by atoms with Gasteiger partial charge in [-0.05, 0) is 18.1 Å². The summed E-state index contributed by atoms with van der Waals surface area (Å²) in [5, 5.41) is 0.830. The molecule has 0 aliphatic carbocycles. The maximum absolute atomic E-state index is 12.6. The van der Waals surface area contributed by atoms with Crippen LogP contribution in [0.2, 0.25) is 0 Å². The highest BCUT2D eigenvalue weighted by molar-refractivity contribution is 7.99. The van der Waals surface area contributed by atoms with Crippen molar-refractivity contribution in [3.8, 4) is 0 Å². The highest BCUT2D eigenvalue weighted by atomic mass is 32.2. The van der Waals surface area contributed by atoms with Gasteiger partial charge in [-0.15, -0.1) is 11.8 Å². The van der Waals surface area contributed by atoms with Gasteiger partial charge in [-0.25, -0.2) is 4.39 Å². The molecule has 0 saturated heterocycles. The smallest absolute Gasteiger partial charge is 0.284 e. The summed E-state index contributed by atoms with van der Waals surface area (Å²) in [6, 6.07) is 1.33. The minimum atomic E-state index is -0.675. The molecule has 11 heavy (non-hydrogen) atoms. The van der Waals surface area contributed by atoms with Crippen LogP contribution in [0.4, 0.5) is 4.39 Å². The quantitative estimate of drug-likeness (QED) is 0.635. The Morgan fingerprint density at radius 2 is 2.45 bits per heavy atom. The lowest BCUT2D eigenvalue weighted by atomic mass is 10.2. The molecule has 0 unspecified atom stereocenters. The van der Waals surface area contributed by atoms with Crippen LogP contribution in [0.3, 0.4) is 0 Å². The van der Waals surface area contributed by atoms with E-state index in [1.807, 2.05) is 0 Å². The van der Waals surface area contributed by atoms with Gasteiger partial charge in [0.2, 0.25) is 0 Å². The number of aromatic amines is 1. The van der Waals surface area contributed by atoms with Crippen molar-refractivity contribution in [2.24, 2.45) is 0 Å². The molecular weight excluding hydrogens is 165 g/mol. The number of halogens is 1. The van der Waals surface area contributed by atoms with E-state index < -0.39 is 11.4 Å². The second-order valence-electron chi connectivity index (χ2n) is 2.40. The third-order valence-electron chi connectivity index (χ3n) is 1.65. The number of fused-ring (bicyclic) bond motifs is 1. The van der Waals surface area contributed by atoms with Gasteiger partial charge in [0, 0.05) is 5.75 Å². The molecule has 0 radical (unpaired) electrons. The Morgan fingerprint density at radius 3 is 3.27 bits per heavy atom. The van der Waals surface area contributed by atoms with Crippen LogP contribution in [0.15, 0.2) is 15.9 Å². The van der Waals surface area contributed by atoms with Crippen LogP contribution in [0.1, 0.15) is 5.56 Å². The second kappa shape index (κ2) is 2.37. The van der Waals surface area contributed by atoms with E-state index in [0.29, 0.717) is 0 Å². The zero-order chi connectivity index (χ0) is 7.84. The van der Waals surface area contributed by atoms with Crippen molar-refractivity contribution < 1.29 is 4.39 Å². The van der Waals surface area contributed by atoms with E-state index >= 15 is 0 Å². The third kappa shape index (κ3) is 1.07. The lowest BCUT2D eigenvalue weighted by Crippen LogP contribution is -2.11. The molecular formula is C7H6FNOS. The molecule has 2 rings (SSSR count). The monoisotopic (exact) mass is 171 g/mol. The number of aromatic nitrogens is 1. The fourth-order valence-electron chi connectivity index (χ4n) is 1.10. The maximum atomic E-state index is 12.6. The Kier molecular flexibility index (Phi) is 1.49.